The topological polar surface area (TPSA) is 51.8 Å². The Bertz CT molecular complexity index is 582. The molecule has 3 nitrogen and oxygen atoms in total. The Balaban J connectivity index is 2.53. The van der Waals surface area contributed by atoms with Crippen LogP contribution >= 0.6 is 0 Å². The fourth-order valence-electron chi connectivity index (χ4n) is 1.60. The molecule has 0 aliphatic rings. The van der Waals surface area contributed by atoms with E-state index in [1.165, 1.54) is 6.07 Å². The number of aromatic nitrogens is 2. The molecule has 1 heterocycles. The highest BCUT2D eigenvalue weighted by molar-refractivity contribution is 5.59. The highest BCUT2D eigenvalue weighted by atomic mass is 19.2. The summed E-state index contributed by atoms with van der Waals surface area (Å²) in [7, 11) is 0. The van der Waals surface area contributed by atoms with Gasteiger partial charge in [0.15, 0.2) is 11.6 Å². The summed E-state index contributed by atoms with van der Waals surface area (Å²) in [6.45, 7) is 3.57. The van der Waals surface area contributed by atoms with Crippen molar-refractivity contribution in [3.63, 3.8) is 0 Å². The maximum atomic E-state index is 13.2. The first-order valence-corrected chi connectivity index (χ1v) is 5.54. The van der Waals surface area contributed by atoms with Gasteiger partial charge in [0.1, 0.15) is 5.82 Å². The maximum Gasteiger partial charge on any atom is 0.159 e. The van der Waals surface area contributed by atoms with Crippen LogP contribution in [0.2, 0.25) is 0 Å². The number of hydrogen-bond acceptors (Lipinski definition) is 3. The van der Waals surface area contributed by atoms with E-state index in [0.29, 0.717) is 17.1 Å². The normalized spacial score (nSPS) is 12.5. The van der Waals surface area contributed by atoms with Crippen molar-refractivity contribution in [3.8, 4) is 11.3 Å². The molecule has 1 aromatic heterocycles. The lowest BCUT2D eigenvalue weighted by molar-refractivity contribution is 0.509. The molecular formula is C13H13F2N3. The molecule has 94 valence electrons. The monoisotopic (exact) mass is 249 g/mol. The summed E-state index contributed by atoms with van der Waals surface area (Å²) in [5.74, 6) is -1.29. The van der Waals surface area contributed by atoms with Gasteiger partial charge < -0.3 is 5.73 Å². The Kier molecular flexibility index (Phi) is 3.34. The van der Waals surface area contributed by atoms with Gasteiger partial charge in [0.2, 0.25) is 0 Å². The lowest BCUT2D eigenvalue weighted by atomic mass is 10.1. The first-order chi connectivity index (χ1) is 8.47. The third-order valence-electron chi connectivity index (χ3n) is 2.49. The summed E-state index contributed by atoms with van der Waals surface area (Å²) in [4.78, 5) is 8.44. The summed E-state index contributed by atoms with van der Waals surface area (Å²) in [6, 6.07) is 5.06. The second kappa shape index (κ2) is 4.78. The van der Waals surface area contributed by atoms with Crippen LogP contribution in [0.15, 0.2) is 24.3 Å². The van der Waals surface area contributed by atoms with Crippen LogP contribution in [-0.2, 0) is 0 Å². The predicted octanol–water partition coefficient (Wildman–Crippen LogP) is 2.75. The van der Waals surface area contributed by atoms with Gasteiger partial charge in [-0.05, 0) is 38.1 Å². The zero-order valence-corrected chi connectivity index (χ0v) is 10.1. The standard InChI is InChI=1S/C13H13F2N3/c1-7-5-12(18-13(17-7)8(2)16)9-3-4-10(14)11(15)6-9/h3-6,8H,16H2,1-2H3. The van der Waals surface area contributed by atoms with E-state index >= 15 is 0 Å². The molecule has 18 heavy (non-hydrogen) atoms. The Morgan fingerprint density at radius 3 is 2.44 bits per heavy atom. The molecule has 1 aromatic carbocycles. The minimum absolute atomic E-state index is 0.311. The number of aryl methyl sites for hydroxylation is 1. The third-order valence-corrected chi connectivity index (χ3v) is 2.49. The van der Waals surface area contributed by atoms with Crippen molar-refractivity contribution in [2.45, 2.75) is 19.9 Å². The van der Waals surface area contributed by atoms with Crippen molar-refractivity contribution in [2.75, 3.05) is 0 Å². The fraction of sp³-hybridized carbons (Fsp3) is 0.231. The lowest BCUT2D eigenvalue weighted by Crippen LogP contribution is -2.11. The largest absolute Gasteiger partial charge is 0.322 e. The van der Waals surface area contributed by atoms with Gasteiger partial charge in [-0.1, -0.05) is 0 Å². The van der Waals surface area contributed by atoms with Crippen molar-refractivity contribution in [2.24, 2.45) is 5.73 Å². The van der Waals surface area contributed by atoms with Crippen molar-refractivity contribution in [3.05, 3.63) is 47.4 Å². The molecule has 2 aromatic rings. The van der Waals surface area contributed by atoms with Crippen molar-refractivity contribution in [1.29, 1.82) is 0 Å². The Morgan fingerprint density at radius 2 is 1.83 bits per heavy atom. The molecule has 0 amide bonds. The van der Waals surface area contributed by atoms with Crippen LogP contribution in [0, 0.1) is 18.6 Å². The highest BCUT2D eigenvalue weighted by Crippen LogP contribution is 2.21. The molecule has 0 spiro atoms. The molecule has 1 unspecified atom stereocenters. The number of halogens is 2. The second-order valence-electron chi connectivity index (χ2n) is 4.17. The van der Waals surface area contributed by atoms with Crippen LogP contribution in [0.3, 0.4) is 0 Å². The number of benzene rings is 1. The number of rotatable bonds is 2. The van der Waals surface area contributed by atoms with Gasteiger partial charge in [0, 0.05) is 11.3 Å². The Labute approximate surface area is 104 Å². The molecule has 2 rings (SSSR count). The molecule has 0 saturated carbocycles. The molecule has 0 aliphatic carbocycles. The summed E-state index contributed by atoms with van der Waals surface area (Å²) in [6.07, 6.45) is 0. The molecule has 0 aliphatic heterocycles. The molecule has 1 atom stereocenters. The SMILES string of the molecule is Cc1cc(-c2ccc(F)c(F)c2)nc(C(C)N)n1. The van der Waals surface area contributed by atoms with Gasteiger partial charge in [-0.15, -0.1) is 0 Å². The van der Waals surface area contributed by atoms with Crippen LogP contribution in [0.1, 0.15) is 24.5 Å². The molecular weight excluding hydrogens is 236 g/mol. The molecule has 5 heteroatoms. The summed E-state index contributed by atoms with van der Waals surface area (Å²) in [5.41, 5.74) is 7.49. The second-order valence-corrected chi connectivity index (χ2v) is 4.17. The summed E-state index contributed by atoms with van der Waals surface area (Å²) < 4.78 is 26.1. The van der Waals surface area contributed by atoms with Crippen LogP contribution in [-0.4, -0.2) is 9.97 Å². The lowest BCUT2D eigenvalue weighted by Gasteiger charge is -2.08. The number of nitrogens with two attached hydrogens (primary N) is 1. The van der Waals surface area contributed by atoms with E-state index in [0.717, 1.165) is 17.8 Å². The van der Waals surface area contributed by atoms with Gasteiger partial charge in [0.05, 0.1) is 11.7 Å². The van der Waals surface area contributed by atoms with E-state index in [1.54, 1.807) is 19.9 Å². The number of nitrogens with zero attached hydrogens (tertiary/aromatic N) is 2. The van der Waals surface area contributed by atoms with E-state index in [-0.39, 0.29) is 6.04 Å². The van der Waals surface area contributed by atoms with Crippen molar-refractivity contribution < 1.29 is 8.78 Å². The van der Waals surface area contributed by atoms with Crippen LogP contribution in [0.5, 0.6) is 0 Å². The van der Waals surface area contributed by atoms with Crippen LogP contribution in [0.4, 0.5) is 8.78 Å². The summed E-state index contributed by atoms with van der Waals surface area (Å²) in [5, 5.41) is 0. The van der Waals surface area contributed by atoms with Crippen LogP contribution in [0.25, 0.3) is 11.3 Å². The molecule has 0 radical (unpaired) electrons. The van der Waals surface area contributed by atoms with E-state index in [9.17, 15) is 8.78 Å². The predicted molar refractivity (Wildman–Crippen MR) is 64.7 cm³/mol. The first kappa shape index (κ1) is 12.6. The maximum absolute atomic E-state index is 13.2. The molecule has 0 fully saturated rings. The zero-order chi connectivity index (χ0) is 13.3. The Hall–Kier alpha value is -1.88. The third kappa shape index (κ3) is 2.51. The smallest absolute Gasteiger partial charge is 0.159 e. The van der Waals surface area contributed by atoms with Gasteiger partial charge in [-0.3, -0.25) is 0 Å². The van der Waals surface area contributed by atoms with Gasteiger partial charge in [-0.25, -0.2) is 18.7 Å². The minimum atomic E-state index is -0.897. The van der Waals surface area contributed by atoms with Gasteiger partial charge in [-0.2, -0.15) is 0 Å². The average molecular weight is 249 g/mol. The quantitative estimate of drug-likeness (QED) is 0.890. The van der Waals surface area contributed by atoms with E-state index in [2.05, 4.69) is 9.97 Å². The summed E-state index contributed by atoms with van der Waals surface area (Å²) >= 11 is 0. The molecule has 0 bridgehead atoms. The average Bonchev–Trinajstić information content (AvgIpc) is 2.31. The van der Waals surface area contributed by atoms with E-state index in [4.69, 9.17) is 5.73 Å². The van der Waals surface area contributed by atoms with Gasteiger partial charge >= 0.3 is 0 Å². The molecule has 0 saturated heterocycles. The highest BCUT2D eigenvalue weighted by Gasteiger charge is 2.10. The zero-order valence-electron chi connectivity index (χ0n) is 10.1. The molecule has 2 N–H and O–H groups in total. The number of hydrogen-bond donors (Lipinski definition) is 1. The van der Waals surface area contributed by atoms with E-state index < -0.39 is 11.6 Å². The van der Waals surface area contributed by atoms with E-state index in [1.807, 2.05) is 0 Å². The van der Waals surface area contributed by atoms with Gasteiger partial charge in [0.25, 0.3) is 0 Å². The fourth-order valence-corrected chi connectivity index (χ4v) is 1.60. The minimum Gasteiger partial charge on any atom is -0.322 e. The Morgan fingerprint density at radius 1 is 1.11 bits per heavy atom. The van der Waals surface area contributed by atoms with Crippen molar-refractivity contribution >= 4 is 0 Å². The van der Waals surface area contributed by atoms with Crippen molar-refractivity contribution in [1.82, 2.24) is 9.97 Å². The first-order valence-electron chi connectivity index (χ1n) is 5.54. The van der Waals surface area contributed by atoms with Crippen LogP contribution < -0.4 is 5.73 Å².